The second kappa shape index (κ2) is 5.83. The molecule has 0 unspecified atom stereocenters. The molecule has 2 aliphatic rings. The van der Waals surface area contributed by atoms with E-state index in [0.717, 1.165) is 58.4 Å². The van der Waals surface area contributed by atoms with Gasteiger partial charge in [0.2, 0.25) is 5.91 Å². The minimum absolute atomic E-state index is 0.121. The number of carbonyl (C=O) groups is 1. The van der Waals surface area contributed by atoms with Crippen molar-refractivity contribution in [2.75, 3.05) is 26.3 Å². The van der Waals surface area contributed by atoms with E-state index in [1.54, 1.807) is 0 Å². The highest BCUT2D eigenvalue weighted by Crippen LogP contribution is 2.33. The number of hydrogen-bond donors (Lipinski definition) is 2. The summed E-state index contributed by atoms with van der Waals surface area (Å²) in [6.07, 6.45) is 4.81. The van der Waals surface area contributed by atoms with Crippen molar-refractivity contribution in [1.29, 1.82) is 0 Å². The van der Waals surface area contributed by atoms with Crippen LogP contribution in [0.25, 0.3) is 0 Å². The maximum atomic E-state index is 12.4. The maximum Gasteiger partial charge on any atom is 0.226 e. The second-order valence-electron chi connectivity index (χ2n) is 5.24. The van der Waals surface area contributed by atoms with Crippen LogP contribution in [-0.4, -0.2) is 38.3 Å². The summed E-state index contributed by atoms with van der Waals surface area (Å²) in [6.45, 7) is 5.64. The third kappa shape index (κ3) is 2.99. The first-order chi connectivity index (χ1) is 8.27. The van der Waals surface area contributed by atoms with Crippen LogP contribution in [0.3, 0.4) is 0 Å². The van der Waals surface area contributed by atoms with E-state index in [-0.39, 0.29) is 11.3 Å². The molecule has 0 aromatic heterocycles. The molecule has 4 nitrogen and oxygen atoms in total. The van der Waals surface area contributed by atoms with Crippen molar-refractivity contribution in [2.24, 2.45) is 5.41 Å². The first kappa shape index (κ1) is 12.8. The highest BCUT2D eigenvalue weighted by molar-refractivity contribution is 5.83. The van der Waals surface area contributed by atoms with Crippen LogP contribution in [0.15, 0.2) is 0 Å². The lowest BCUT2D eigenvalue weighted by molar-refractivity contribution is -0.134. The third-order valence-electron chi connectivity index (χ3n) is 4.28. The molecule has 98 valence electrons. The summed E-state index contributed by atoms with van der Waals surface area (Å²) in [5.41, 5.74) is -0.121. The molecule has 1 amide bonds. The SMILES string of the molecule is CCC1(C(=O)NC2CCOCC2)CCNCC1. The molecule has 2 heterocycles. The average Bonchev–Trinajstić information content (AvgIpc) is 2.40. The highest BCUT2D eigenvalue weighted by atomic mass is 16.5. The van der Waals surface area contributed by atoms with E-state index in [9.17, 15) is 4.79 Å². The Balaban J connectivity index is 1.91. The number of hydrogen-bond acceptors (Lipinski definition) is 3. The Labute approximate surface area is 103 Å². The molecular formula is C13H24N2O2. The molecule has 2 fully saturated rings. The standard InChI is InChI=1S/C13H24N2O2/c1-2-13(5-7-14-8-6-13)12(16)15-11-3-9-17-10-4-11/h11,14H,2-10H2,1H3,(H,15,16). The van der Waals surface area contributed by atoms with Gasteiger partial charge in [0.1, 0.15) is 0 Å². The fourth-order valence-electron chi connectivity index (χ4n) is 2.83. The molecule has 0 saturated carbocycles. The largest absolute Gasteiger partial charge is 0.381 e. The fraction of sp³-hybridized carbons (Fsp3) is 0.923. The Bertz CT molecular complexity index is 256. The molecule has 0 aromatic rings. The number of rotatable bonds is 3. The van der Waals surface area contributed by atoms with Gasteiger partial charge in [-0.15, -0.1) is 0 Å². The zero-order chi connectivity index (χ0) is 12.1. The van der Waals surface area contributed by atoms with Crippen molar-refractivity contribution >= 4 is 5.91 Å². The number of piperidine rings is 1. The topological polar surface area (TPSA) is 50.4 Å². The van der Waals surface area contributed by atoms with Crippen LogP contribution in [0, 0.1) is 5.41 Å². The van der Waals surface area contributed by atoms with Crippen LogP contribution in [-0.2, 0) is 9.53 Å². The Morgan fingerprint density at radius 1 is 1.35 bits per heavy atom. The molecule has 0 atom stereocenters. The lowest BCUT2D eigenvalue weighted by Gasteiger charge is -2.37. The van der Waals surface area contributed by atoms with E-state index in [2.05, 4.69) is 17.6 Å². The Morgan fingerprint density at radius 2 is 2.00 bits per heavy atom. The van der Waals surface area contributed by atoms with Crippen molar-refractivity contribution in [2.45, 2.75) is 45.1 Å². The molecule has 2 N–H and O–H groups in total. The van der Waals surface area contributed by atoms with Gasteiger partial charge in [0.05, 0.1) is 5.41 Å². The first-order valence-corrected chi connectivity index (χ1v) is 6.86. The number of nitrogens with one attached hydrogen (secondary N) is 2. The smallest absolute Gasteiger partial charge is 0.226 e. The zero-order valence-electron chi connectivity index (χ0n) is 10.8. The quantitative estimate of drug-likeness (QED) is 0.775. The number of amides is 1. The van der Waals surface area contributed by atoms with Crippen LogP contribution in [0.5, 0.6) is 0 Å². The van der Waals surface area contributed by atoms with Crippen molar-refractivity contribution in [3.8, 4) is 0 Å². The van der Waals surface area contributed by atoms with E-state index >= 15 is 0 Å². The fourth-order valence-corrected chi connectivity index (χ4v) is 2.83. The van der Waals surface area contributed by atoms with E-state index < -0.39 is 0 Å². The monoisotopic (exact) mass is 240 g/mol. The Morgan fingerprint density at radius 3 is 2.59 bits per heavy atom. The van der Waals surface area contributed by atoms with Gasteiger partial charge < -0.3 is 15.4 Å². The van der Waals surface area contributed by atoms with Gasteiger partial charge in [-0.2, -0.15) is 0 Å². The van der Waals surface area contributed by atoms with Gasteiger partial charge in [0.25, 0.3) is 0 Å². The first-order valence-electron chi connectivity index (χ1n) is 6.86. The van der Waals surface area contributed by atoms with E-state index in [4.69, 9.17) is 4.74 Å². The Hall–Kier alpha value is -0.610. The van der Waals surface area contributed by atoms with Crippen molar-refractivity contribution < 1.29 is 9.53 Å². The van der Waals surface area contributed by atoms with Gasteiger partial charge in [-0.05, 0) is 45.2 Å². The predicted molar refractivity (Wildman–Crippen MR) is 66.8 cm³/mol. The van der Waals surface area contributed by atoms with E-state index in [0.29, 0.717) is 6.04 Å². The van der Waals surface area contributed by atoms with Crippen LogP contribution in [0.2, 0.25) is 0 Å². The normalized spacial score (nSPS) is 25.5. The van der Waals surface area contributed by atoms with Gasteiger partial charge in [-0.25, -0.2) is 0 Å². The van der Waals surface area contributed by atoms with Crippen LogP contribution in [0.4, 0.5) is 0 Å². The third-order valence-corrected chi connectivity index (χ3v) is 4.28. The number of ether oxygens (including phenoxy) is 1. The molecule has 4 heteroatoms. The van der Waals surface area contributed by atoms with Crippen molar-refractivity contribution in [3.63, 3.8) is 0 Å². The molecule has 17 heavy (non-hydrogen) atoms. The molecule has 0 spiro atoms. The maximum absolute atomic E-state index is 12.4. The Kier molecular flexibility index (Phi) is 4.40. The van der Waals surface area contributed by atoms with Crippen molar-refractivity contribution in [3.05, 3.63) is 0 Å². The average molecular weight is 240 g/mol. The van der Waals surface area contributed by atoms with Gasteiger partial charge >= 0.3 is 0 Å². The van der Waals surface area contributed by atoms with Crippen molar-refractivity contribution in [1.82, 2.24) is 10.6 Å². The van der Waals surface area contributed by atoms with Crippen LogP contribution >= 0.6 is 0 Å². The van der Waals surface area contributed by atoms with Crippen LogP contribution < -0.4 is 10.6 Å². The zero-order valence-corrected chi connectivity index (χ0v) is 10.8. The summed E-state index contributed by atoms with van der Waals surface area (Å²) in [5.74, 6) is 0.272. The molecule has 0 radical (unpaired) electrons. The second-order valence-corrected chi connectivity index (χ2v) is 5.24. The lowest BCUT2D eigenvalue weighted by Crippen LogP contribution is -2.51. The van der Waals surface area contributed by atoms with E-state index in [1.807, 2.05) is 0 Å². The molecule has 0 bridgehead atoms. The molecule has 0 aliphatic carbocycles. The predicted octanol–water partition coefficient (Wildman–Crippen LogP) is 1.06. The summed E-state index contributed by atoms with van der Waals surface area (Å²) in [5, 5.41) is 6.57. The van der Waals surface area contributed by atoms with E-state index in [1.165, 1.54) is 0 Å². The highest BCUT2D eigenvalue weighted by Gasteiger charge is 2.38. The molecule has 2 saturated heterocycles. The minimum atomic E-state index is -0.121. The van der Waals surface area contributed by atoms with Gasteiger partial charge in [-0.3, -0.25) is 4.79 Å². The molecule has 0 aromatic carbocycles. The summed E-state index contributed by atoms with van der Waals surface area (Å²) >= 11 is 0. The molecular weight excluding hydrogens is 216 g/mol. The molecule has 2 aliphatic heterocycles. The summed E-state index contributed by atoms with van der Waals surface area (Å²) in [7, 11) is 0. The number of carbonyl (C=O) groups excluding carboxylic acids is 1. The van der Waals surface area contributed by atoms with Gasteiger partial charge in [0.15, 0.2) is 0 Å². The lowest BCUT2D eigenvalue weighted by atomic mass is 9.75. The van der Waals surface area contributed by atoms with Gasteiger partial charge in [0, 0.05) is 19.3 Å². The molecule has 2 rings (SSSR count). The summed E-state index contributed by atoms with van der Waals surface area (Å²) in [6, 6.07) is 0.328. The summed E-state index contributed by atoms with van der Waals surface area (Å²) < 4.78 is 5.32. The van der Waals surface area contributed by atoms with Crippen LogP contribution in [0.1, 0.15) is 39.0 Å². The minimum Gasteiger partial charge on any atom is -0.381 e. The summed E-state index contributed by atoms with van der Waals surface area (Å²) in [4.78, 5) is 12.4. The van der Waals surface area contributed by atoms with Gasteiger partial charge in [-0.1, -0.05) is 6.92 Å².